The number of pyridine rings is 1. The summed E-state index contributed by atoms with van der Waals surface area (Å²) in [5, 5.41) is 4.26. The lowest BCUT2D eigenvalue weighted by Crippen LogP contribution is -2.11. The molecule has 0 amide bonds. The summed E-state index contributed by atoms with van der Waals surface area (Å²) in [4.78, 5) is 4.33. The number of nitrogens with two attached hydrogens (primary N) is 1. The number of hydrogen-bond donors (Lipinski definition) is 1. The fraction of sp³-hybridized carbons (Fsp3) is 0.385. The molecule has 0 saturated heterocycles. The minimum atomic E-state index is -0.0853. The van der Waals surface area contributed by atoms with Gasteiger partial charge in [-0.2, -0.15) is 5.10 Å². The zero-order valence-electron chi connectivity index (χ0n) is 10.7. The first-order valence-electron chi connectivity index (χ1n) is 6.10. The molecular weight excluding hydrogens is 228 g/mol. The van der Waals surface area contributed by atoms with Gasteiger partial charge in [-0.15, -0.1) is 0 Å². The maximum absolute atomic E-state index is 5.93. The van der Waals surface area contributed by atoms with Crippen LogP contribution in [0.25, 0.3) is 5.82 Å². The van der Waals surface area contributed by atoms with Gasteiger partial charge in [-0.1, -0.05) is 13.0 Å². The van der Waals surface area contributed by atoms with Crippen LogP contribution in [-0.2, 0) is 0 Å². The third-order valence-electron chi connectivity index (χ3n) is 2.56. The Hall–Kier alpha value is -1.88. The van der Waals surface area contributed by atoms with E-state index >= 15 is 0 Å². The summed E-state index contributed by atoms with van der Waals surface area (Å²) in [6.07, 6.45) is 6.22. The summed E-state index contributed by atoms with van der Waals surface area (Å²) in [7, 11) is 0. The van der Waals surface area contributed by atoms with Gasteiger partial charge in [0.25, 0.3) is 0 Å². The van der Waals surface area contributed by atoms with E-state index in [1.807, 2.05) is 25.3 Å². The van der Waals surface area contributed by atoms with Crippen LogP contribution in [0.1, 0.15) is 31.9 Å². The molecule has 96 valence electrons. The maximum atomic E-state index is 5.93. The van der Waals surface area contributed by atoms with Gasteiger partial charge in [-0.25, -0.2) is 9.67 Å². The molecule has 2 aromatic rings. The summed E-state index contributed by atoms with van der Waals surface area (Å²) in [5.74, 6) is 1.50. The van der Waals surface area contributed by atoms with Gasteiger partial charge < -0.3 is 10.5 Å². The monoisotopic (exact) mass is 246 g/mol. The standard InChI is InChI=1S/C13H18N4O/c1-3-7-18-11-8-16-17(9-11)13-12(10(2)14)5-4-6-15-13/h4-6,8-10H,3,7,14H2,1-2H3. The van der Waals surface area contributed by atoms with Crippen LogP contribution in [0, 0.1) is 0 Å². The van der Waals surface area contributed by atoms with Crippen LogP contribution >= 0.6 is 0 Å². The molecule has 1 unspecified atom stereocenters. The van der Waals surface area contributed by atoms with Crippen LogP contribution in [0.3, 0.4) is 0 Å². The van der Waals surface area contributed by atoms with Gasteiger partial charge in [0.2, 0.25) is 0 Å². The fourth-order valence-electron chi connectivity index (χ4n) is 1.67. The number of rotatable bonds is 5. The number of hydrogen-bond acceptors (Lipinski definition) is 4. The number of aromatic nitrogens is 3. The summed E-state index contributed by atoms with van der Waals surface area (Å²) >= 11 is 0. The largest absolute Gasteiger partial charge is 0.490 e. The van der Waals surface area contributed by atoms with E-state index in [1.54, 1.807) is 17.1 Å². The SMILES string of the molecule is CCCOc1cnn(-c2ncccc2C(C)N)c1. The van der Waals surface area contributed by atoms with Crippen molar-refractivity contribution in [3.05, 3.63) is 36.3 Å². The highest BCUT2D eigenvalue weighted by atomic mass is 16.5. The molecule has 2 N–H and O–H groups in total. The summed E-state index contributed by atoms with van der Waals surface area (Å²) in [5.41, 5.74) is 6.89. The Bertz CT molecular complexity index is 507. The van der Waals surface area contributed by atoms with E-state index in [9.17, 15) is 0 Å². The van der Waals surface area contributed by atoms with Gasteiger partial charge in [0.15, 0.2) is 11.6 Å². The van der Waals surface area contributed by atoms with E-state index in [0.717, 1.165) is 23.6 Å². The first kappa shape index (κ1) is 12.6. The molecule has 2 aromatic heterocycles. The fourth-order valence-corrected chi connectivity index (χ4v) is 1.67. The van der Waals surface area contributed by atoms with Crippen LogP contribution in [0.4, 0.5) is 0 Å². The maximum Gasteiger partial charge on any atom is 0.158 e. The second kappa shape index (κ2) is 5.64. The van der Waals surface area contributed by atoms with Crippen LogP contribution in [0.15, 0.2) is 30.7 Å². The topological polar surface area (TPSA) is 66.0 Å². The van der Waals surface area contributed by atoms with Crippen molar-refractivity contribution in [2.75, 3.05) is 6.61 Å². The lowest BCUT2D eigenvalue weighted by molar-refractivity contribution is 0.317. The molecule has 0 aromatic carbocycles. The van der Waals surface area contributed by atoms with Crippen molar-refractivity contribution in [1.29, 1.82) is 0 Å². The average Bonchev–Trinajstić information content (AvgIpc) is 2.85. The van der Waals surface area contributed by atoms with Gasteiger partial charge >= 0.3 is 0 Å². The second-order valence-electron chi connectivity index (χ2n) is 4.17. The molecule has 0 aliphatic rings. The first-order chi connectivity index (χ1) is 8.72. The first-order valence-corrected chi connectivity index (χ1v) is 6.10. The van der Waals surface area contributed by atoms with E-state index in [4.69, 9.17) is 10.5 Å². The van der Waals surface area contributed by atoms with E-state index in [0.29, 0.717) is 6.61 Å². The Morgan fingerprint density at radius 3 is 3.06 bits per heavy atom. The highest BCUT2D eigenvalue weighted by Crippen LogP contribution is 2.19. The normalized spacial score (nSPS) is 12.4. The minimum Gasteiger partial charge on any atom is -0.490 e. The summed E-state index contributed by atoms with van der Waals surface area (Å²) in [6, 6.07) is 3.75. The molecule has 0 fully saturated rings. The van der Waals surface area contributed by atoms with Gasteiger partial charge in [0.05, 0.1) is 19.0 Å². The molecule has 1 atom stereocenters. The zero-order chi connectivity index (χ0) is 13.0. The molecule has 0 bridgehead atoms. The van der Waals surface area contributed by atoms with Crippen molar-refractivity contribution in [2.24, 2.45) is 5.73 Å². The Balaban J connectivity index is 2.28. The van der Waals surface area contributed by atoms with Gasteiger partial charge in [0.1, 0.15) is 0 Å². The molecule has 2 heterocycles. The Kier molecular flexibility index (Phi) is 3.94. The lowest BCUT2D eigenvalue weighted by Gasteiger charge is -2.10. The number of ether oxygens (including phenoxy) is 1. The molecule has 5 heteroatoms. The van der Waals surface area contributed by atoms with Crippen molar-refractivity contribution in [1.82, 2.24) is 14.8 Å². The van der Waals surface area contributed by atoms with E-state index in [2.05, 4.69) is 17.0 Å². The van der Waals surface area contributed by atoms with Crippen molar-refractivity contribution in [3.63, 3.8) is 0 Å². The lowest BCUT2D eigenvalue weighted by atomic mass is 10.1. The molecule has 2 rings (SSSR count). The average molecular weight is 246 g/mol. The summed E-state index contributed by atoms with van der Waals surface area (Å²) in [6.45, 7) is 4.68. The van der Waals surface area contributed by atoms with E-state index < -0.39 is 0 Å². The van der Waals surface area contributed by atoms with Gasteiger partial charge in [0, 0.05) is 17.8 Å². The smallest absolute Gasteiger partial charge is 0.158 e. The van der Waals surface area contributed by atoms with Crippen molar-refractivity contribution >= 4 is 0 Å². The van der Waals surface area contributed by atoms with Gasteiger partial charge in [-0.05, 0) is 19.4 Å². The third-order valence-corrected chi connectivity index (χ3v) is 2.56. The Morgan fingerprint density at radius 2 is 2.33 bits per heavy atom. The van der Waals surface area contributed by atoms with Crippen molar-refractivity contribution in [2.45, 2.75) is 26.3 Å². The quantitative estimate of drug-likeness (QED) is 0.877. The molecule has 18 heavy (non-hydrogen) atoms. The summed E-state index contributed by atoms with van der Waals surface area (Å²) < 4.78 is 7.21. The molecule has 0 aliphatic heterocycles. The van der Waals surface area contributed by atoms with Crippen molar-refractivity contribution < 1.29 is 4.74 Å². The van der Waals surface area contributed by atoms with Crippen LogP contribution < -0.4 is 10.5 Å². The van der Waals surface area contributed by atoms with Crippen LogP contribution in [0.5, 0.6) is 5.75 Å². The van der Waals surface area contributed by atoms with Crippen LogP contribution in [-0.4, -0.2) is 21.4 Å². The third kappa shape index (κ3) is 2.68. The number of nitrogens with zero attached hydrogens (tertiary/aromatic N) is 3. The zero-order valence-corrected chi connectivity index (χ0v) is 10.7. The predicted molar refractivity (Wildman–Crippen MR) is 69.7 cm³/mol. The highest BCUT2D eigenvalue weighted by Gasteiger charge is 2.10. The molecule has 0 aliphatic carbocycles. The Morgan fingerprint density at radius 1 is 1.50 bits per heavy atom. The van der Waals surface area contributed by atoms with E-state index in [1.165, 1.54) is 0 Å². The second-order valence-corrected chi connectivity index (χ2v) is 4.17. The van der Waals surface area contributed by atoms with Crippen LogP contribution in [0.2, 0.25) is 0 Å². The molecule has 0 saturated carbocycles. The molecule has 0 radical (unpaired) electrons. The van der Waals surface area contributed by atoms with Crippen molar-refractivity contribution in [3.8, 4) is 11.6 Å². The predicted octanol–water partition coefficient (Wildman–Crippen LogP) is 2.08. The van der Waals surface area contributed by atoms with Gasteiger partial charge in [-0.3, -0.25) is 0 Å². The van der Waals surface area contributed by atoms with E-state index in [-0.39, 0.29) is 6.04 Å². The highest BCUT2D eigenvalue weighted by molar-refractivity contribution is 5.36. The molecular formula is C13H18N4O. The Labute approximate surface area is 107 Å². The molecule has 5 nitrogen and oxygen atoms in total. The minimum absolute atomic E-state index is 0.0853. The molecule has 0 spiro atoms.